The van der Waals surface area contributed by atoms with Gasteiger partial charge in [-0.15, -0.1) is 0 Å². The van der Waals surface area contributed by atoms with E-state index in [-0.39, 0.29) is 16.6 Å². The van der Waals surface area contributed by atoms with Crippen LogP contribution in [0.2, 0.25) is 0 Å². The average Bonchev–Trinajstić information content (AvgIpc) is 3.22. The molecule has 9 heteroatoms. The van der Waals surface area contributed by atoms with Crippen molar-refractivity contribution >= 4 is 20.9 Å². The quantitative estimate of drug-likeness (QED) is 0.461. The summed E-state index contributed by atoms with van der Waals surface area (Å²) >= 11 is 0. The van der Waals surface area contributed by atoms with Crippen molar-refractivity contribution in [2.45, 2.75) is 42.5 Å². The van der Waals surface area contributed by atoms with Crippen molar-refractivity contribution in [1.29, 1.82) is 0 Å². The lowest BCUT2D eigenvalue weighted by molar-refractivity contribution is 0.0726. The van der Waals surface area contributed by atoms with Gasteiger partial charge >= 0.3 is 0 Å². The minimum atomic E-state index is -3.26. The topological polar surface area (TPSA) is 67.7 Å². The van der Waals surface area contributed by atoms with Crippen LogP contribution in [-0.4, -0.2) is 86.5 Å². The molecule has 200 valence electrons. The molecule has 37 heavy (non-hydrogen) atoms. The van der Waals surface area contributed by atoms with Crippen LogP contribution in [0.5, 0.6) is 0 Å². The average molecular weight is 529 g/mol. The molecule has 0 bridgehead atoms. The van der Waals surface area contributed by atoms with E-state index in [2.05, 4.69) is 14.8 Å². The summed E-state index contributed by atoms with van der Waals surface area (Å²) in [7, 11) is 0.420. The molecule has 0 radical (unpaired) electrons. The van der Waals surface area contributed by atoms with E-state index in [1.54, 1.807) is 37.4 Å². The van der Waals surface area contributed by atoms with Gasteiger partial charge in [-0.2, -0.15) is 0 Å². The minimum Gasteiger partial charge on any atom is -0.383 e. The number of nitrogens with zero attached hydrogens (tertiary/aromatic N) is 4. The first-order chi connectivity index (χ1) is 17.7. The van der Waals surface area contributed by atoms with Gasteiger partial charge in [0.05, 0.1) is 22.5 Å². The summed E-state index contributed by atoms with van der Waals surface area (Å²) < 4.78 is 46.1. The van der Waals surface area contributed by atoms with E-state index in [1.165, 1.54) is 19.1 Å². The zero-order valence-electron chi connectivity index (χ0n) is 22.0. The van der Waals surface area contributed by atoms with Crippen LogP contribution in [0.1, 0.15) is 37.2 Å². The standard InChI is InChI=1S/C28H37FN4O3S/c1-31-27-18-24(20-8-14-33(15-9-20)22-10-12-32(13-11-22)16-17-36-2)25(29)19-26(27)30-28(31)21-4-6-23(7-5-21)37(3,34)35/h4-7,18-20,22H,8-17H2,1-3H3. The predicted molar refractivity (Wildman–Crippen MR) is 144 cm³/mol. The molecule has 2 fully saturated rings. The van der Waals surface area contributed by atoms with Gasteiger partial charge in [-0.3, -0.25) is 0 Å². The molecule has 2 saturated heterocycles. The number of benzene rings is 2. The van der Waals surface area contributed by atoms with Gasteiger partial charge in [-0.1, -0.05) is 0 Å². The van der Waals surface area contributed by atoms with Gasteiger partial charge in [0.1, 0.15) is 11.6 Å². The Labute approximate surface area is 219 Å². The van der Waals surface area contributed by atoms with E-state index in [4.69, 9.17) is 4.74 Å². The van der Waals surface area contributed by atoms with Crippen LogP contribution in [0.15, 0.2) is 41.3 Å². The number of rotatable bonds is 7. The van der Waals surface area contributed by atoms with Crippen LogP contribution in [0.25, 0.3) is 22.4 Å². The monoisotopic (exact) mass is 528 g/mol. The Morgan fingerprint density at radius 1 is 1.03 bits per heavy atom. The normalized spacial score (nSPS) is 19.1. The van der Waals surface area contributed by atoms with Crippen molar-refractivity contribution < 1.29 is 17.5 Å². The molecule has 0 N–H and O–H groups in total. The van der Waals surface area contributed by atoms with E-state index in [1.807, 2.05) is 17.7 Å². The summed E-state index contributed by atoms with van der Waals surface area (Å²) in [6.45, 7) is 6.06. The van der Waals surface area contributed by atoms with Gasteiger partial charge in [-0.25, -0.2) is 17.8 Å². The number of aromatic nitrogens is 2. The molecular formula is C28H37FN4O3S. The zero-order valence-corrected chi connectivity index (χ0v) is 22.8. The van der Waals surface area contributed by atoms with Crippen LogP contribution in [0, 0.1) is 5.82 Å². The number of aryl methyl sites for hydroxylation is 1. The molecule has 0 amide bonds. The molecule has 0 atom stereocenters. The molecule has 0 unspecified atom stereocenters. The second-order valence-corrected chi connectivity index (χ2v) is 12.5. The van der Waals surface area contributed by atoms with Crippen molar-refractivity contribution in [2.75, 3.05) is 52.7 Å². The lowest BCUT2D eigenvalue weighted by atomic mass is 9.87. The van der Waals surface area contributed by atoms with Gasteiger partial charge in [-0.05, 0) is 93.7 Å². The fourth-order valence-corrected chi connectivity index (χ4v) is 6.59. The maximum Gasteiger partial charge on any atom is 0.175 e. The molecular weight excluding hydrogens is 491 g/mol. The maximum atomic E-state index is 15.3. The minimum absolute atomic E-state index is 0.186. The third-order valence-corrected chi connectivity index (χ3v) is 9.32. The molecule has 3 heterocycles. The Morgan fingerprint density at radius 3 is 2.32 bits per heavy atom. The fraction of sp³-hybridized carbons (Fsp3) is 0.536. The van der Waals surface area contributed by atoms with E-state index in [9.17, 15) is 8.42 Å². The lowest BCUT2D eigenvalue weighted by Gasteiger charge is -2.42. The number of ether oxygens (including phenoxy) is 1. The lowest BCUT2D eigenvalue weighted by Crippen LogP contribution is -2.48. The second-order valence-electron chi connectivity index (χ2n) is 10.5. The summed E-state index contributed by atoms with van der Waals surface area (Å²) in [5, 5.41) is 0. The van der Waals surface area contributed by atoms with Crippen LogP contribution in [0.4, 0.5) is 4.39 Å². The first-order valence-electron chi connectivity index (χ1n) is 13.2. The molecule has 7 nitrogen and oxygen atoms in total. The number of halogens is 1. The Bertz CT molecular complexity index is 1340. The van der Waals surface area contributed by atoms with Gasteiger partial charge in [0.2, 0.25) is 0 Å². The van der Waals surface area contributed by atoms with E-state index in [0.29, 0.717) is 17.4 Å². The highest BCUT2D eigenvalue weighted by Crippen LogP contribution is 2.35. The van der Waals surface area contributed by atoms with Crippen molar-refractivity contribution in [3.63, 3.8) is 0 Å². The molecule has 0 saturated carbocycles. The Hall–Kier alpha value is -2.33. The van der Waals surface area contributed by atoms with E-state index >= 15 is 4.39 Å². The van der Waals surface area contributed by atoms with E-state index in [0.717, 1.165) is 68.8 Å². The summed E-state index contributed by atoms with van der Waals surface area (Å²) in [6.07, 6.45) is 5.50. The molecule has 2 aliphatic rings. The van der Waals surface area contributed by atoms with Gasteiger partial charge < -0.3 is 19.1 Å². The third-order valence-electron chi connectivity index (χ3n) is 8.19. The summed E-state index contributed by atoms with van der Waals surface area (Å²) in [6, 6.07) is 10.8. The van der Waals surface area contributed by atoms with Gasteiger partial charge in [0.15, 0.2) is 9.84 Å². The number of likely N-dealkylation sites (tertiary alicyclic amines) is 2. The number of hydrogen-bond donors (Lipinski definition) is 0. The zero-order chi connectivity index (χ0) is 26.2. The molecule has 1 aromatic heterocycles. The molecule has 0 aliphatic carbocycles. The van der Waals surface area contributed by atoms with Crippen molar-refractivity contribution in [1.82, 2.24) is 19.4 Å². The van der Waals surface area contributed by atoms with Gasteiger partial charge in [0.25, 0.3) is 0 Å². The predicted octanol–water partition coefficient (Wildman–Crippen LogP) is 4.07. The van der Waals surface area contributed by atoms with Crippen LogP contribution >= 0.6 is 0 Å². The Balaban J connectivity index is 1.28. The second kappa shape index (κ2) is 10.8. The maximum absolute atomic E-state index is 15.3. The smallest absolute Gasteiger partial charge is 0.175 e. The number of methoxy groups -OCH3 is 1. The Kier molecular flexibility index (Phi) is 7.68. The Morgan fingerprint density at radius 2 is 1.70 bits per heavy atom. The number of piperidine rings is 2. The number of imidazole rings is 1. The molecule has 0 spiro atoms. The third kappa shape index (κ3) is 5.60. The number of fused-ring (bicyclic) bond motifs is 1. The number of sulfone groups is 1. The summed E-state index contributed by atoms with van der Waals surface area (Å²) in [5.74, 6) is 0.711. The van der Waals surface area contributed by atoms with Crippen molar-refractivity contribution in [3.8, 4) is 11.4 Å². The summed E-state index contributed by atoms with van der Waals surface area (Å²) in [4.78, 5) is 10.0. The highest BCUT2D eigenvalue weighted by molar-refractivity contribution is 7.90. The van der Waals surface area contributed by atoms with Gasteiger partial charge in [0, 0.05) is 44.6 Å². The summed E-state index contributed by atoms with van der Waals surface area (Å²) in [5.41, 5.74) is 3.09. The number of hydrogen-bond acceptors (Lipinski definition) is 6. The molecule has 2 aliphatic heterocycles. The van der Waals surface area contributed by atoms with Crippen LogP contribution < -0.4 is 0 Å². The fourth-order valence-electron chi connectivity index (χ4n) is 5.96. The van der Waals surface area contributed by atoms with Crippen molar-refractivity contribution in [3.05, 3.63) is 47.8 Å². The first-order valence-corrected chi connectivity index (χ1v) is 15.1. The highest BCUT2D eigenvalue weighted by Gasteiger charge is 2.30. The first kappa shape index (κ1) is 26.3. The largest absolute Gasteiger partial charge is 0.383 e. The molecule has 5 rings (SSSR count). The molecule has 3 aromatic rings. The molecule has 2 aromatic carbocycles. The van der Waals surface area contributed by atoms with E-state index < -0.39 is 9.84 Å². The SMILES string of the molecule is COCCN1CCC(N2CCC(c3cc4c(cc3F)nc(-c3ccc(S(C)(=O)=O)cc3)n4C)CC2)CC1. The van der Waals surface area contributed by atoms with Crippen LogP contribution in [-0.2, 0) is 21.6 Å². The van der Waals surface area contributed by atoms with Crippen molar-refractivity contribution in [2.24, 2.45) is 7.05 Å². The highest BCUT2D eigenvalue weighted by atomic mass is 32.2. The van der Waals surface area contributed by atoms with Crippen LogP contribution in [0.3, 0.4) is 0 Å².